The van der Waals surface area contributed by atoms with Crippen molar-refractivity contribution in [1.29, 1.82) is 0 Å². The number of H-pyrrole nitrogens is 1. The average molecular weight is 284 g/mol. The topological polar surface area (TPSA) is 28.7 Å². The fourth-order valence-corrected chi connectivity index (χ4v) is 3.28. The Bertz CT molecular complexity index is 673. The summed E-state index contributed by atoms with van der Waals surface area (Å²) in [5.74, 6) is 1.00. The molecule has 1 heterocycles. The number of rotatable bonds is 2. The van der Waals surface area contributed by atoms with Crippen molar-refractivity contribution in [2.75, 3.05) is 0 Å². The maximum Gasteiger partial charge on any atom is 0.133 e. The van der Waals surface area contributed by atoms with Crippen LogP contribution in [0, 0.1) is 11.6 Å². The van der Waals surface area contributed by atoms with Gasteiger partial charge in [0.05, 0.1) is 0 Å². The predicted molar refractivity (Wildman–Crippen MR) is 84.7 cm³/mol. The average Bonchev–Trinajstić information content (AvgIpc) is 2.64. The van der Waals surface area contributed by atoms with Crippen LogP contribution in [-0.4, -0.2) is 9.97 Å². The molecule has 0 saturated heterocycles. The van der Waals surface area contributed by atoms with Gasteiger partial charge in [0.15, 0.2) is 0 Å². The molecule has 2 aromatic rings. The third-order valence-electron chi connectivity index (χ3n) is 3.96. The summed E-state index contributed by atoms with van der Waals surface area (Å²) in [7, 11) is 0. The number of nitrogens with zero attached hydrogens (tertiary/aromatic N) is 1. The number of aryl methyl sites for hydroxylation is 2. The lowest BCUT2D eigenvalue weighted by Crippen LogP contribution is -2.05. The van der Waals surface area contributed by atoms with Crippen molar-refractivity contribution in [1.82, 2.24) is 9.97 Å². The van der Waals surface area contributed by atoms with Crippen LogP contribution in [0.1, 0.15) is 47.5 Å². The summed E-state index contributed by atoms with van der Waals surface area (Å²) >= 11 is 5.50. The molecule has 3 rings (SSSR count). The summed E-state index contributed by atoms with van der Waals surface area (Å²) in [6.45, 7) is 2.12. The summed E-state index contributed by atoms with van der Waals surface area (Å²) in [4.78, 5) is 8.15. The standard InChI is InChI=1S/C17H20N2S/c1-12-6-5-7-13(10-12)11-16-18-15-9-4-2-3-8-14(15)17(20)19-16/h5-7,10H,2-4,8-9,11H2,1H3,(H,18,19,20). The Hall–Kier alpha value is -1.48. The molecule has 104 valence electrons. The molecule has 0 atom stereocenters. The van der Waals surface area contributed by atoms with Crippen molar-refractivity contribution in [2.45, 2.75) is 45.4 Å². The molecule has 1 aromatic carbocycles. The molecule has 0 spiro atoms. The predicted octanol–water partition coefficient (Wildman–Crippen LogP) is 4.31. The van der Waals surface area contributed by atoms with E-state index in [1.807, 2.05) is 0 Å². The van der Waals surface area contributed by atoms with Crippen LogP contribution in [0.25, 0.3) is 0 Å². The fraction of sp³-hybridized carbons (Fsp3) is 0.412. The number of aromatic amines is 1. The minimum atomic E-state index is 0.809. The zero-order valence-corrected chi connectivity index (χ0v) is 12.7. The fourth-order valence-electron chi connectivity index (χ4n) is 2.95. The number of nitrogens with one attached hydrogen (secondary N) is 1. The Balaban J connectivity index is 1.93. The van der Waals surface area contributed by atoms with Crippen molar-refractivity contribution in [3.8, 4) is 0 Å². The molecule has 0 amide bonds. The second-order valence-electron chi connectivity index (χ2n) is 5.67. The Morgan fingerprint density at radius 2 is 2.05 bits per heavy atom. The second kappa shape index (κ2) is 5.88. The molecule has 0 bridgehead atoms. The van der Waals surface area contributed by atoms with Gasteiger partial charge in [-0.15, -0.1) is 0 Å². The number of aromatic nitrogens is 2. The molecule has 1 N–H and O–H groups in total. The number of hydrogen-bond donors (Lipinski definition) is 1. The third kappa shape index (κ3) is 2.98. The van der Waals surface area contributed by atoms with Gasteiger partial charge in [-0.1, -0.05) is 48.5 Å². The summed E-state index contributed by atoms with van der Waals surface area (Å²) in [5, 5.41) is 0. The third-order valence-corrected chi connectivity index (χ3v) is 4.30. The Morgan fingerprint density at radius 1 is 1.20 bits per heavy atom. The molecule has 0 aliphatic heterocycles. The van der Waals surface area contributed by atoms with E-state index in [4.69, 9.17) is 12.2 Å². The van der Waals surface area contributed by atoms with E-state index in [2.05, 4.69) is 41.2 Å². The number of fused-ring (bicyclic) bond motifs is 1. The lowest BCUT2D eigenvalue weighted by molar-refractivity contribution is 0.708. The van der Waals surface area contributed by atoms with Gasteiger partial charge in [-0.3, -0.25) is 0 Å². The van der Waals surface area contributed by atoms with Gasteiger partial charge in [0.2, 0.25) is 0 Å². The quantitative estimate of drug-likeness (QED) is 0.657. The molecule has 1 aromatic heterocycles. The minimum absolute atomic E-state index is 0.809. The van der Waals surface area contributed by atoms with Crippen molar-refractivity contribution in [2.24, 2.45) is 0 Å². The van der Waals surface area contributed by atoms with Crippen molar-refractivity contribution >= 4 is 12.2 Å². The first-order valence-electron chi connectivity index (χ1n) is 7.39. The van der Waals surface area contributed by atoms with Gasteiger partial charge in [0.25, 0.3) is 0 Å². The molecule has 0 unspecified atom stereocenters. The molecular formula is C17H20N2S. The molecule has 2 nitrogen and oxygen atoms in total. The highest BCUT2D eigenvalue weighted by Gasteiger charge is 2.12. The first-order valence-corrected chi connectivity index (χ1v) is 7.80. The van der Waals surface area contributed by atoms with Gasteiger partial charge in [-0.2, -0.15) is 0 Å². The van der Waals surface area contributed by atoms with Crippen molar-refractivity contribution in [3.63, 3.8) is 0 Å². The molecule has 1 aliphatic rings. The zero-order valence-electron chi connectivity index (χ0n) is 11.9. The summed E-state index contributed by atoms with van der Waals surface area (Å²) in [6.07, 6.45) is 6.82. The first kappa shape index (κ1) is 13.5. The van der Waals surface area contributed by atoms with E-state index in [0.29, 0.717) is 0 Å². The van der Waals surface area contributed by atoms with Crippen LogP contribution in [0.4, 0.5) is 0 Å². The van der Waals surface area contributed by atoms with Crippen LogP contribution in [0.15, 0.2) is 24.3 Å². The Morgan fingerprint density at radius 3 is 2.90 bits per heavy atom. The van der Waals surface area contributed by atoms with E-state index in [1.54, 1.807) is 0 Å². The molecule has 0 saturated carbocycles. The molecule has 0 fully saturated rings. The minimum Gasteiger partial charge on any atom is -0.347 e. The van der Waals surface area contributed by atoms with Gasteiger partial charge < -0.3 is 4.98 Å². The second-order valence-corrected chi connectivity index (χ2v) is 6.06. The summed E-state index contributed by atoms with van der Waals surface area (Å²) in [5.41, 5.74) is 5.18. The number of benzene rings is 1. The lowest BCUT2D eigenvalue weighted by atomic mass is 10.1. The van der Waals surface area contributed by atoms with Crippen LogP contribution in [0.2, 0.25) is 0 Å². The Labute approximate surface area is 125 Å². The number of hydrogen-bond acceptors (Lipinski definition) is 2. The van der Waals surface area contributed by atoms with Gasteiger partial charge in [0.1, 0.15) is 10.5 Å². The molecule has 1 aliphatic carbocycles. The van der Waals surface area contributed by atoms with Crippen LogP contribution in [0.3, 0.4) is 0 Å². The SMILES string of the molecule is Cc1cccc(Cc2nc(=S)c3c([nH]2)CCCCC3)c1. The maximum atomic E-state index is 5.50. The van der Waals surface area contributed by atoms with E-state index in [1.165, 1.54) is 41.6 Å². The largest absolute Gasteiger partial charge is 0.347 e. The van der Waals surface area contributed by atoms with Crippen molar-refractivity contribution < 1.29 is 0 Å². The maximum absolute atomic E-state index is 5.50. The zero-order chi connectivity index (χ0) is 13.9. The summed E-state index contributed by atoms with van der Waals surface area (Å²) in [6, 6.07) is 8.58. The molecule has 3 heteroatoms. The smallest absolute Gasteiger partial charge is 0.133 e. The van der Waals surface area contributed by atoms with Gasteiger partial charge in [-0.25, -0.2) is 4.98 Å². The van der Waals surface area contributed by atoms with Crippen molar-refractivity contribution in [3.05, 3.63) is 57.1 Å². The molecular weight excluding hydrogens is 264 g/mol. The Kier molecular flexibility index (Phi) is 3.97. The highest BCUT2D eigenvalue weighted by atomic mass is 32.1. The monoisotopic (exact) mass is 284 g/mol. The van der Waals surface area contributed by atoms with Gasteiger partial charge >= 0.3 is 0 Å². The van der Waals surface area contributed by atoms with E-state index in [0.717, 1.165) is 29.7 Å². The lowest BCUT2D eigenvalue weighted by Gasteiger charge is -2.09. The summed E-state index contributed by atoms with van der Waals surface area (Å²) < 4.78 is 0.809. The molecule has 20 heavy (non-hydrogen) atoms. The van der Waals surface area contributed by atoms with E-state index in [9.17, 15) is 0 Å². The van der Waals surface area contributed by atoms with E-state index >= 15 is 0 Å². The first-order chi connectivity index (χ1) is 9.72. The van der Waals surface area contributed by atoms with Crippen LogP contribution < -0.4 is 0 Å². The van der Waals surface area contributed by atoms with Crippen LogP contribution >= 0.6 is 12.2 Å². The molecule has 0 radical (unpaired) electrons. The normalized spacial score (nSPS) is 14.7. The van der Waals surface area contributed by atoms with Crippen LogP contribution in [0.5, 0.6) is 0 Å². The van der Waals surface area contributed by atoms with Gasteiger partial charge in [0, 0.05) is 17.7 Å². The highest BCUT2D eigenvalue weighted by molar-refractivity contribution is 7.71. The van der Waals surface area contributed by atoms with Crippen LogP contribution in [-0.2, 0) is 19.3 Å². The highest BCUT2D eigenvalue weighted by Crippen LogP contribution is 2.20. The van der Waals surface area contributed by atoms with Gasteiger partial charge in [-0.05, 0) is 38.2 Å². The van der Waals surface area contributed by atoms with E-state index in [-0.39, 0.29) is 0 Å². The van der Waals surface area contributed by atoms with E-state index < -0.39 is 0 Å².